The van der Waals surface area contributed by atoms with Crippen LogP contribution in [0, 0.1) is 23.7 Å². The number of benzene rings is 5. The monoisotopic (exact) mass is 860 g/mol. The van der Waals surface area contributed by atoms with E-state index in [1.54, 1.807) is 36.4 Å². The molecular formula is C49H41BrN4O6. The van der Waals surface area contributed by atoms with Crippen LogP contribution in [0.4, 0.5) is 22.7 Å². The van der Waals surface area contributed by atoms with E-state index in [0.29, 0.717) is 43.8 Å². The number of carbonyl (C=O) groups is 4. The second-order valence-electron chi connectivity index (χ2n) is 16.0. The van der Waals surface area contributed by atoms with Crippen molar-refractivity contribution in [3.63, 3.8) is 0 Å². The molecule has 60 heavy (non-hydrogen) atoms. The van der Waals surface area contributed by atoms with Crippen molar-refractivity contribution >= 4 is 67.6 Å². The molecule has 2 amide bonds. The van der Waals surface area contributed by atoms with Crippen LogP contribution in [-0.2, 0) is 24.6 Å². The number of ketones is 2. The number of phenols is 1. The van der Waals surface area contributed by atoms with E-state index in [9.17, 15) is 14.7 Å². The molecule has 0 aromatic heterocycles. The molecule has 1 saturated heterocycles. The molecule has 300 valence electrons. The van der Waals surface area contributed by atoms with E-state index in [1.807, 2.05) is 110 Å². The summed E-state index contributed by atoms with van der Waals surface area (Å²) >= 11 is 3.61. The zero-order valence-electron chi connectivity index (χ0n) is 33.2. The first kappa shape index (κ1) is 39.0. The maximum absolute atomic E-state index is 15.3. The summed E-state index contributed by atoms with van der Waals surface area (Å²) in [7, 11) is 5.38. The summed E-state index contributed by atoms with van der Waals surface area (Å²) in [6.07, 6.45) is 3.81. The molecule has 5 aromatic carbocycles. The summed E-state index contributed by atoms with van der Waals surface area (Å²) in [5.74, 6) is -5.15. The number of anilines is 2. The quantitative estimate of drug-likeness (QED) is 0.0935. The van der Waals surface area contributed by atoms with Crippen LogP contribution < -0.4 is 14.5 Å². The number of hydrogen-bond donors (Lipinski definition) is 1. The van der Waals surface area contributed by atoms with Gasteiger partial charge in [-0.1, -0.05) is 88.2 Å². The largest absolute Gasteiger partial charge is 0.504 e. The number of azo groups is 1. The number of nitrogens with zero attached hydrogens (tertiary/aromatic N) is 4. The van der Waals surface area contributed by atoms with Crippen LogP contribution in [0.1, 0.15) is 35.4 Å². The minimum atomic E-state index is -1.50. The van der Waals surface area contributed by atoms with Gasteiger partial charge in [0.05, 0.1) is 41.4 Å². The van der Waals surface area contributed by atoms with Crippen molar-refractivity contribution in [1.82, 2.24) is 0 Å². The number of imide groups is 1. The normalized spacial score (nSPS) is 24.7. The highest BCUT2D eigenvalue weighted by Crippen LogP contribution is 2.65. The van der Waals surface area contributed by atoms with Crippen molar-refractivity contribution in [2.24, 2.45) is 33.9 Å². The highest BCUT2D eigenvalue weighted by Gasteiger charge is 2.66. The van der Waals surface area contributed by atoms with Crippen LogP contribution in [0.25, 0.3) is 5.57 Å². The molecule has 5 aromatic rings. The Morgan fingerprint density at radius 1 is 0.800 bits per heavy atom. The average molecular weight is 862 g/mol. The molecule has 3 aliphatic carbocycles. The molecular weight excluding hydrogens is 820 g/mol. The van der Waals surface area contributed by atoms with Crippen LogP contribution in [0.15, 0.2) is 154 Å². The third kappa shape index (κ3) is 6.22. The van der Waals surface area contributed by atoms with Gasteiger partial charge < -0.3 is 14.7 Å². The second kappa shape index (κ2) is 15.3. The molecule has 1 aliphatic heterocycles. The van der Waals surface area contributed by atoms with Gasteiger partial charge in [-0.05, 0) is 96.6 Å². The number of amides is 2. The lowest BCUT2D eigenvalue weighted by Crippen LogP contribution is -2.58. The summed E-state index contributed by atoms with van der Waals surface area (Å²) in [5, 5.41) is 20.7. The van der Waals surface area contributed by atoms with E-state index in [1.165, 1.54) is 18.1 Å². The van der Waals surface area contributed by atoms with Gasteiger partial charge in [0.25, 0.3) is 0 Å². The SMILES string of the molecule is COc1cc(Br)cc(C2C3=CCC4C(=O)N(c5ccc(N=Nc6ccc(N(C)C)cc6)cc5)C(=O)C4C3CC3C(=O)C(c4ccccc4)=CC(=O)C32c2ccccc2)c1O. The van der Waals surface area contributed by atoms with Crippen molar-refractivity contribution in [2.45, 2.75) is 24.2 Å². The highest BCUT2D eigenvalue weighted by molar-refractivity contribution is 9.10. The molecule has 1 saturated carbocycles. The molecule has 0 spiro atoms. The predicted octanol–water partition coefficient (Wildman–Crippen LogP) is 9.67. The molecule has 2 fully saturated rings. The number of fused-ring (bicyclic) bond motifs is 4. The Morgan fingerprint density at radius 3 is 2.07 bits per heavy atom. The zero-order chi connectivity index (χ0) is 41.9. The Bertz CT molecular complexity index is 2640. The Morgan fingerprint density at radius 2 is 1.43 bits per heavy atom. The number of rotatable bonds is 8. The van der Waals surface area contributed by atoms with E-state index in [0.717, 1.165) is 11.3 Å². The van der Waals surface area contributed by atoms with Gasteiger partial charge in [0.2, 0.25) is 11.8 Å². The standard InChI is InChI=1S/C49H41BrN4O6/c1-53(2)33-18-14-31(15-19-33)51-52-32-16-20-34(21-17-32)54-47(58)36-23-22-35-38(43(36)48(54)59)26-40-45(56)37(28-10-6-4-7-11-28)27-42(55)49(40,29-12-8-5-9-13-29)44(35)39-24-30(50)25-41(60-3)46(39)57/h4-22,24-25,27,36,38,40,43-44,57H,23,26H2,1-3H3. The van der Waals surface area contributed by atoms with Crippen molar-refractivity contribution in [3.8, 4) is 11.5 Å². The van der Waals surface area contributed by atoms with Gasteiger partial charge in [-0.15, -0.1) is 0 Å². The van der Waals surface area contributed by atoms with Crippen molar-refractivity contribution < 1.29 is 29.0 Å². The van der Waals surface area contributed by atoms with E-state index >= 15 is 9.59 Å². The molecule has 1 heterocycles. The van der Waals surface area contributed by atoms with Gasteiger partial charge >= 0.3 is 0 Å². The Hall–Kier alpha value is -6.46. The zero-order valence-corrected chi connectivity index (χ0v) is 34.7. The van der Waals surface area contributed by atoms with Crippen molar-refractivity contribution in [3.05, 3.63) is 160 Å². The molecule has 9 rings (SSSR count). The highest BCUT2D eigenvalue weighted by atomic mass is 79.9. The molecule has 0 bridgehead atoms. The summed E-state index contributed by atoms with van der Waals surface area (Å²) in [6.45, 7) is 0. The molecule has 11 heteroatoms. The number of aromatic hydroxyl groups is 1. The minimum Gasteiger partial charge on any atom is -0.504 e. The molecule has 4 aliphatic rings. The lowest BCUT2D eigenvalue weighted by molar-refractivity contribution is -0.135. The lowest BCUT2D eigenvalue weighted by atomic mass is 9.44. The molecule has 10 nitrogen and oxygen atoms in total. The number of allylic oxidation sites excluding steroid dienone is 4. The predicted molar refractivity (Wildman–Crippen MR) is 233 cm³/mol. The van der Waals surface area contributed by atoms with E-state index in [2.05, 4.69) is 26.2 Å². The van der Waals surface area contributed by atoms with Gasteiger partial charge in [0.15, 0.2) is 23.1 Å². The first-order valence-electron chi connectivity index (χ1n) is 19.9. The van der Waals surface area contributed by atoms with Crippen LogP contribution in [0.5, 0.6) is 11.5 Å². The fraction of sp³-hybridized carbons (Fsp3) is 0.224. The molecule has 1 N–H and O–H groups in total. The number of halogens is 1. The van der Waals surface area contributed by atoms with Gasteiger partial charge in [-0.25, -0.2) is 0 Å². The third-order valence-electron chi connectivity index (χ3n) is 12.7. The van der Waals surface area contributed by atoms with Crippen molar-refractivity contribution in [2.75, 3.05) is 31.0 Å². The maximum Gasteiger partial charge on any atom is 0.238 e. The van der Waals surface area contributed by atoms with E-state index in [-0.39, 0.29) is 47.7 Å². The van der Waals surface area contributed by atoms with E-state index in [4.69, 9.17) is 4.74 Å². The number of Topliss-reactive ketones (excluding diaryl/α,β-unsaturated/α-hetero) is 1. The van der Waals surface area contributed by atoms with Gasteiger partial charge in [0.1, 0.15) is 0 Å². The van der Waals surface area contributed by atoms with Crippen LogP contribution in [0.3, 0.4) is 0 Å². The molecule has 6 atom stereocenters. The summed E-state index contributed by atoms with van der Waals surface area (Å²) < 4.78 is 6.23. The maximum atomic E-state index is 15.3. The van der Waals surface area contributed by atoms with Gasteiger partial charge in [-0.2, -0.15) is 10.2 Å². The first-order valence-corrected chi connectivity index (χ1v) is 20.7. The summed E-state index contributed by atoms with van der Waals surface area (Å²) in [5.41, 5.74) is 3.85. The number of carbonyl (C=O) groups excluding carboxylic acids is 4. The number of methoxy groups -OCH3 is 1. The van der Waals surface area contributed by atoms with E-state index < -0.39 is 35.0 Å². The molecule has 0 radical (unpaired) electrons. The Balaban J connectivity index is 1.14. The van der Waals surface area contributed by atoms with Gasteiger partial charge in [-0.3, -0.25) is 24.1 Å². The van der Waals surface area contributed by atoms with Crippen LogP contribution in [0.2, 0.25) is 0 Å². The van der Waals surface area contributed by atoms with Crippen LogP contribution >= 0.6 is 15.9 Å². The average Bonchev–Trinajstić information content (AvgIpc) is 3.53. The third-order valence-corrected chi connectivity index (χ3v) is 13.2. The fourth-order valence-electron chi connectivity index (χ4n) is 10.0. The molecule has 6 unspecified atom stereocenters. The van der Waals surface area contributed by atoms with Crippen LogP contribution in [-0.4, -0.2) is 49.7 Å². The van der Waals surface area contributed by atoms with Gasteiger partial charge in [0, 0.05) is 47.2 Å². The van der Waals surface area contributed by atoms with Crippen molar-refractivity contribution in [1.29, 1.82) is 0 Å². The fourth-order valence-corrected chi connectivity index (χ4v) is 10.5. The number of phenolic OH excluding ortho intramolecular Hbond substituents is 1. The summed E-state index contributed by atoms with van der Waals surface area (Å²) in [4.78, 5) is 63.1. The topological polar surface area (TPSA) is 129 Å². The number of hydrogen-bond acceptors (Lipinski definition) is 9. The Labute approximate surface area is 356 Å². The number of ether oxygens (including phenoxy) is 1. The minimum absolute atomic E-state index is 0.140. The lowest BCUT2D eigenvalue weighted by Gasteiger charge is -2.55. The smallest absolute Gasteiger partial charge is 0.238 e. The summed E-state index contributed by atoms with van der Waals surface area (Å²) in [6, 6.07) is 36.3. The first-order chi connectivity index (χ1) is 29.0. The Kier molecular flexibility index (Phi) is 9.94. The second-order valence-corrected chi connectivity index (χ2v) is 16.9.